The van der Waals surface area contributed by atoms with Gasteiger partial charge in [0.15, 0.2) is 11.5 Å². The molecule has 134 valence electrons. The van der Waals surface area contributed by atoms with E-state index in [-0.39, 0.29) is 16.9 Å². The van der Waals surface area contributed by atoms with Crippen LogP contribution < -0.4 is 9.64 Å². The molecular formula is C20H14N2O5. The van der Waals surface area contributed by atoms with Gasteiger partial charge in [0.1, 0.15) is 5.69 Å². The molecule has 0 fully saturated rings. The molecule has 0 spiro atoms. The van der Waals surface area contributed by atoms with Gasteiger partial charge in [-0.15, -0.1) is 0 Å². The number of fused-ring (bicyclic) bond motifs is 2. The van der Waals surface area contributed by atoms with Gasteiger partial charge in [-0.25, -0.2) is 4.79 Å². The predicted octanol–water partition coefficient (Wildman–Crippen LogP) is 4.96. The van der Waals surface area contributed by atoms with Gasteiger partial charge < -0.3 is 9.47 Å². The van der Waals surface area contributed by atoms with E-state index in [2.05, 4.69) is 0 Å². The van der Waals surface area contributed by atoms with E-state index in [1.54, 1.807) is 29.2 Å². The van der Waals surface area contributed by atoms with Crippen LogP contribution in [0, 0.1) is 10.1 Å². The van der Waals surface area contributed by atoms with E-state index in [9.17, 15) is 14.9 Å². The highest BCUT2D eigenvalue weighted by atomic mass is 16.6. The van der Waals surface area contributed by atoms with E-state index in [0.29, 0.717) is 22.9 Å². The molecule has 0 aromatic heterocycles. The number of nitro groups is 1. The Morgan fingerprint density at radius 1 is 0.963 bits per heavy atom. The normalized spacial score (nSPS) is 11.8. The highest BCUT2D eigenvalue weighted by Crippen LogP contribution is 2.52. The molecule has 0 saturated carbocycles. The summed E-state index contributed by atoms with van der Waals surface area (Å²) in [7, 11) is 1.27. The lowest BCUT2D eigenvalue weighted by Gasteiger charge is -2.32. The van der Waals surface area contributed by atoms with Crippen LogP contribution in [0.3, 0.4) is 0 Å². The number of nitro benzene ring substituents is 1. The lowest BCUT2D eigenvalue weighted by Crippen LogP contribution is -2.17. The zero-order valence-electron chi connectivity index (χ0n) is 14.3. The van der Waals surface area contributed by atoms with E-state index in [4.69, 9.17) is 9.47 Å². The van der Waals surface area contributed by atoms with E-state index >= 15 is 0 Å². The maximum Gasteiger partial charge on any atom is 0.337 e. The molecule has 0 saturated heterocycles. The Morgan fingerprint density at radius 2 is 1.56 bits per heavy atom. The number of benzene rings is 3. The minimum atomic E-state index is -0.569. The summed E-state index contributed by atoms with van der Waals surface area (Å²) in [4.78, 5) is 24.9. The Labute approximate surface area is 154 Å². The SMILES string of the molecule is COC(=O)c1ccc([N+](=O)[O-])c(N2c3ccccc3Oc3ccccc32)c1. The third-order valence-corrected chi connectivity index (χ3v) is 4.27. The third-order valence-electron chi connectivity index (χ3n) is 4.27. The first-order chi connectivity index (χ1) is 13.1. The lowest BCUT2D eigenvalue weighted by molar-refractivity contribution is -0.384. The number of nitrogens with zero attached hydrogens (tertiary/aromatic N) is 2. The zero-order chi connectivity index (χ0) is 19.0. The molecule has 1 aliphatic rings. The Bertz CT molecular complexity index is 1020. The van der Waals surface area contributed by atoms with Gasteiger partial charge in [0.05, 0.1) is 29.0 Å². The fraction of sp³-hybridized carbons (Fsp3) is 0.0500. The number of hydrogen-bond acceptors (Lipinski definition) is 6. The van der Waals surface area contributed by atoms with Crippen LogP contribution in [0.2, 0.25) is 0 Å². The second-order valence-electron chi connectivity index (χ2n) is 5.83. The first-order valence-corrected chi connectivity index (χ1v) is 8.13. The summed E-state index contributed by atoms with van der Waals surface area (Å²) in [6, 6.07) is 18.6. The molecule has 27 heavy (non-hydrogen) atoms. The van der Waals surface area contributed by atoms with Gasteiger partial charge in [0.2, 0.25) is 0 Å². The van der Waals surface area contributed by atoms with Crippen LogP contribution in [0.15, 0.2) is 66.7 Å². The minimum absolute atomic E-state index is 0.130. The van der Waals surface area contributed by atoms with Crippen molar-refractivity contribution >= 4 is 28.7 Å². The smallest absolute Gasteiger partial charge is 0.337 e. The van der Waals surface area contributed by atoms with Crippen molar-refractivity contribution in [2.24, 2.45) is 0 Å². The van der Waals surface area contributed by atoms with Gasteiger partial charge in [-0.3, -0.25) is 15.0 Å². The van der Waals surface area contributed by atoms with Crippen LogP contribution in [-0.4, -0.2) is 18.0 Å². The lowest BCUT2D eigenvalue weighted by atomic mass is 10.1. The number of carbonyl (C=O) groups is 1. The van der Waals surface area contributed by atoms with Crippen molar-refractivity contribution in [2.45, 2.75) is 0 Å². The minimum Gasteiger partial charge on any atom is -0.465 e. The quantitative estimate of drug-likeness (QED) is 0.291. The van der Waals surface area contributed by atoms with Crippen molar-refractivity contribution in [3.05, 3.63) is 82.4 Å². The number of rotatable bonds is 3. The van der Waals surface area contributed by atoms with Crippen molar-refractivity contribution < 1.29 is 19.2 Å². The molecule has 0 N–H and O–H groups in total. The maximum atomic E-state index is 12.0. The number of hydrogen-bond donors (Lipinski definition) is 0. The molecule has 0 bridgehead atoms. The Balaban J connectivity index is 2.00. The largest absolute Gasteiger partial charge is 0.465 e. The summed E-state index contributed by atoms with van der Waals surface area (Å²) in [6.07, 6.45) is 0. The van der Waals surface area contributed by atoms with Crippen LogP contribution in [0.4, 0.5) is 22.7 Å². The number of ether oxygens (including phenoxy) is 2. The van der Waals surface area contributed by atoms with Crippen LogP contribution in [0.25, 0.3) is 0 Å². The molecule has 0 aliphatic carbocycles. The van der Waals surface area contributed by atoms with Crippen LogP contribution in [0.5, 0.6) is 11.5 Å². The van der Waals surface area contributed by atoms with Gasteiger partial charge in [-0.1, -0.05) is 24.3 Å². The van der Waals surface area contributed by atoms with Crippen molar-refractivity contribution in [3.63, 3.8) is 0 Å². The first kappa shape index (κ1) is 16.6. The molecule has 1 aliphatic heterocycles. The van der Waals surface area contributed by atoms with Gasteiger partial charge in [-0.2, -0.15) is 0 Å². The zero-order valence-corrected chi connectivity index (χ0v) is 14.3. The Kier molecular flexibility index (Phi) is 3.97. The van der Waals surface area contributed by atoms with E-state index in [0.717, 1.165) is 0 Å². The van der Waals surface area contributed by atoms with E-state index in [1.807, 2.05) is 24.3 Å². The average Bonchev–Trinajstić information content (AvgIpc) is 2.70. The van der Waals surface area contributed by atoms with Crippen LogP contribution in [-0.2, 0) is 4.74 Å². The number of anilines is 3. The van der Waals surface area contributed by atoms with Gasteiger partial charge in [0, 0.05) is 6.07 Å². The molecule has 0 unspecified atom stereocenters. The van der Waals surface area contributed by atoms with Crippen molar-refractivity contribution in [1.29, 1.82) is 0 Å². The molecule has 1 heterocycles. The molecule has 0 atom stereocenters. The topological polar surface area (TPSA) is 81.9 Å². The summed E-state index contributed by atoms with van der Waals surface area (Å²) in [6.45, 7) is 0. The number of para-hydroxylation sites is 4. The van der Waals surface area contributed by atoms with E-state index in [1.165, 1.54) is 25.3 Å². The maximum absolute atomic E-state index is 12.0. The first-order valence-electron chi connectivity index (χ1n) is 8.13. The molecule has 7 heteroatoms. The van der Waals surface area contributed by atoms with Crippen molar-refractivity contribution in [2.75, 3.05) is 12.0 Å². The summed E-state index contributed by atoms with van der Waals surface area (Å²) in [5.41, 5.74) is 1.63. The molecule has 4 rings (SSSR count). The van der Waals surface area contributed by atoms with Crippen molar-refractivity contribution in [3.8, 4) is 11.5 Å². The fourth-order valence-electron chi connectivity index (χ4n) is 3.07. The molecule has 3 aromatic rings. The fourth-order valence-corrected chi connectivity index (χ4v) is 3.07. The second-order valence-corrected chi connectivity index (χ2v) is 5.83. The highest BCUT2D eigenvalue weighted by Gasteiger charge is 2.30. The van der Waals surface area contributed by atoms with E-state index < -0.39 is 10.9 Å². The highest BCUT2D eigenvalue weighted by molar-refractivity contribution is 5.95. The Morgan fingerprint density at radius 3 is 2.11 bits per heavy atom. The van der Waals surface area contributed by atoms with Crippen molar-refractivity contribution in [1.82, 2.24) is 0 Å². The summed E-state index contributed by atoms with van der Waals surface area (Å²) < 4.78 is 10.7. The average molecular weight is 362 g/mol. The molecule has 0 radical (unpaired) electrons. The standard InChI is InChI=1S/C20H14N2O5/c1-26-20(23)13-10-11-14(22(24)25)17(12-13)21-15-6-2-4-8-18(15)27-19-9-5-3-7-16(19)21/h2-12H,1H3. The summed E-state index contributed by atoms with van der Waals surface area (Å²) in [5, 5.41) is 11.7. The molecular weight excluding hydrogens is 348 g/mol. The van der Waals surface area contributed by atoms with Crippen LogP contribution >= 0.6 is 0 Å². The monoisotopic (exact) mass is 362 g/mol. The number of esters is 1. The van der Waals surface area contributed by atoms with Crippen LogP contribution in [0.1, 0.15) is 10.4 Å². The second kappa shape index (κ2) is 6.45. The van der Waals surface area contributed by atoms with Gasteiger partial charge in [-0.05, 0) is 36.4 Å². The Hall–Kier alpha value is -3.87. The molecule has 3 aromatic carbocycles. The molecule has 0 amide bonds. The third kappa shape index (κ3) is 2.75. The predicted molar refractivity (Wildman–Crippen MR) is 99.2 cm³/mol. The summed E-state index contributed by atoms with van der Waals surface area (Å²) in [5.74, 6) is 0.559. The summed E-state index contributed by atoms with van der Waals surface area (Å²) >= 11 is 0. The number of carbonyl (C=O) groups excluding carboxylic acids is 1. The number of methoxy groups -OCH3 is 1. The van der Waals surface area contributed by atoms with Gasteiger partial charge >= 0.3 is 5.97 Å². The van der Waals surface area contributed by atoms with Gasteiger partial charge in [0.25, 0.3) is 5.69 Å². The molecule has 7 nitrogen and oxygen atoms in total.